The molecule has 0 saturated carbocycles. The third kappa shape index (κ3) is 4.35. The SMILES string of the molecule is CC(C)(C)c1ccc(Nc2ccc3ccc4c(Nc5ccc(C(C)(C)C)cc5)ccc5ccc2c3c54)cc1. The number of rotatable bonds is 4. The Bertz CT molecular complexity index is 1610. The van der Waals surface area contributed by atoms with Crippen molar-refractivity contribution in [3.8, 4) is 0 Å². The fourth-order valence-electron chi connectivity index (χ4n) is 5.44. The second kappa shape index (κ2) is 8.77. The van der Waals surface area contributed by atoms with Gasteiger partial charge in [0.1, 0.15) is 0 Å². The summed E-state index contributed by atoms with van der Waals surface area (Å²) in [5, 5.41) is 15.0. The molecule has 6 aromatic rings. The van der Waals surface area contributed by atoms with Gasteiger partial charge in [0, 0.05) is 33.5 Å². The van der Waals surface area contributed by atoms with Crippen molar-refractivity contribution in [2.45, 2.75) is 52.4 Å². The Balaban J connectivity index is 1.41. The summed E-state index contributed by atoms with van der Waals surface area (Å²) in [7, 11) is 0. The second-order valence-corrected chi connectivity index (χ2v) is 12.6. The average Bonchev–Trinajstić information content (AvgIpc) is 2.88. The van der Waals surface area contributed by atoms with Crippen molar-refractivity contribution in [3.05, 3.63) is 108 Å². The van der Waals surface area contributed by atoms with Crippen LogP contribution in [0.15, 0.2) is 97.1 Å². The quantitative estimate of drug-likeness (QED) is 0.237. The first-order valence-corrected chi connectivity index (χ1v) is 13.5. The standard InChI is InChI=1S/C36H36N2/c1-35(2,3)25-11-15-27(16-12-25)37-31-21-9-23-8-20-30-32(22-10-24-7-19-29(31)33(23)34(24)30)38-28-17-13-26(14-18-28)36(4,5)6/h7-22,37-38H,1-6H3. The predicted molar refractivity (Wildman–Crippen MR) is 167 cm³/mol. The molecule has 0 aliphatic carbocycles. The summed E-state index contributed by atoms with van der Waals surface area (Å²) < 4.78 is 0. The first-order chi connectivity index (χ1) is 18.1. The Labute approximate surface area is 226 Å². The molecule has 0 saturated heterocycles. The average molecular weight is 497 g/mol. The van der Waals surface area contributed by atoms with Crippen LogP contribution in [-0.4, -0.2) is 0 Å². The molecule has 0 aliphatic heterocycles. The van der Waals surface area contributed by atoms with E-state index in [0.29, 0.717) is 0 Å². The predicted octanol–water partition coefficient (Wildman–Crippen LogP) is 10.7. The molecule has 0 unspecified atom stereocenters. The van der Waals surface area contributed by atoms with Crippen LogP contribution in [0.3, 0.4) is 0 Å². The Hall–Kier alpha value is -4.04. The minimum absolute atomic E-state index is 0.145. The van der Waals surface area contributed by atoms with Crippen LogP contribution in [0.1, 0.15) is 52.7 Å². The van der Waals surface area contributed by atoms with E-state index in [0.717, 1.165) is 22.7 Å². The minimum Gasteiger partial charge on any atom is -0.355 e. The van der Waals surface area contributed by atoms with E-state index in [1.165, 1.54) is 43.4 Å². The molecular formula is C36H36N2. The van der Waals surface area contributed by atoms with E-state index in [9.17, 15) is 0 Å². The van der Waals surface area contributed by atoms with Crippen molar-refractivity contribution in [1.82, 2.24) is 0 Å². The Morgan fingerprint density at radius 3 is 1.08 bits per heavy atom. The molecule has 0 aromatic heterocycles. The molecule has 2 heteroatoms. The number of nitrogens with one attached hydrogen (secondary N) is 2. The summed E-state index contributed by atoms with van der Waals surface area (Å²) >= 11 is 0. The van der Waals surface area contributed by atoms with E-state index < -0.39 is 0 Å². The molecule has 190 valence electrons. The molecule has 2 N–H and O–H groups in total. The van der Waals surface area contributed by atoms with E-state index in [1.54, 1.807) is 0 Å². The van der Waals surface area contributed by atoms with Gasteiger partial charge in [-0.05, 0) is 79.9 Å². The van der Waals surface area contributed by atoms with E-state index in [2.05, 4.69) is 149 Å². The van der Waals surface area contributed by atoms with Gasteiger partial charge in [0.2, 0.25) is 0 Å². The minimum atomic E-state index is 0.145. The molecule has 38 heavy (non-hydrogen) atoms. The molecule has 0 aliphatic rings. The van der Waals surface area contributed by atoms with E-state index >= 15 is 0 Å². The second-order valence-electron chi connectivity index (χ2n) is 12.6. The molecule has 0 amide bonds. The molecule has 0 radical (unpaired) electrons. The molecule has 6 aromatic carbocycles. The summed E-state index contributed by atoms with van der Waals surface area (Å²) in [5.41, 5.74) is 7.44. The van der Waals surface area contributed by atoms with Crippen LogP contribution in [0.2, 0.25) is 0 Å². The van der Waals surface area contributed by atoms with Crippen molar-refractivity contribution in [3.63, 3.8) is 0 Å². The summed E-state index contributed by atoms with van der Waals surface area (Å²) in [4.78, 5) is 0. The smallest absolute Gasteiger partial charge is 0.0464 e. The highest BCUT2D eigenvalue weighted by molar-refractivity contribution is 6.27. The fraction of sp³-hybridized carbons (Fsp3) is 0.222. The molecule has 0 spiro atoms. The monoisotopic (exact) mass is 496 g/mol. The number of hydrogen-bond donors (Lipinski definition) is 2. The van der Waals surface area contributed by atoms with Gasteiger partial charge < -0.3 is 10.6 Å². The highest BCUT2D eigenvalue weighted by Crippen LogP contribution is 2.41. The van der Waals surface area contributed by atoms with Crippen LogP contribution >= 0.6 is 0 Å². The van der Waals surface area contributed by atoms with E-state index in [4.69, 9.17) is 0 Å². The lowest BCUT2D eigenvalue weighted by Crippen LogP contribution is -2.10. The van der Waals surface area contributed by atoms with Crippen LogP contribution in [0, 0.1) is 0 Å². The zero-order valence-corrected chi connectivity index (χ0v) is 23.2. The molecule has 2 nitrogen and oxygen atoms in total. The topological polar surface area (TPSA) is 24.1 Å². The zero-order valence-electron chi connectivity index (χ0n) is 23.2. The van der Waals surface area contributed by atoms with E-state index in [1.807, 2.05) is 0 Å². The maximum Gasteiger partial charge on any atom is 0.0464 e. The zero-order chi connectivity index (χ0) is 26.7. The molecule has 0 heterocycles. The number of anilines is 4. The van der Waals surface area contributed by atoms with Gasteiger partial charge in [-0.15, -0.1) is 0 Å². The van der Waals surface area contributed by atoms with Crippen molar-refractivity contribution in [2.75, 3.05) is 10.6 Å². The highest BCUT2D eigenvalue weighted by atomic mass is 14.9. The Kier molecular flexibility index (Phi) is 5.61. The largest absolute Gasteiger partial charge is 0.355 e. The van der Waals surface area contributed by atoms with Gasteiger partial charge in [0.25, 0.3) is 0 Å². The summed E-state index contributed by atoms with van der Waals surface area (Å²) in [5.74, 6) is 0. The third-order valence-electron chi connectivity index (χ3n) is 7.72. The number of hydrogen-bond acceptors (Lipinski definition) is 2. The van der Waals surface area contributed by atoms with Crippen LogP contribution in [-0.2, 0) is 10.8 Å². The first-order valence-electron chi connectivity index (χ1n) is 13.5. The highest BCUT2D eigenvalue weighted by Gasteiger charge is 2.16. The molecule has 0 fully saturated rings. The molecule has 6 rings (SSSR count). The van der Waals surface area contributed by atoms with E-state index in [-0.39, 0.29) is 10.8 Å². The van der Waals surface area contributed by atoms with Gasteiger partial charge in [0.05, 0.1) is 0 Å². The maximum atomic E-state index is 3.69. The Morgan fingerprint density at radius 1 is 0.395 bits per heavy atom. The maximum absolute atomic E-state index is 3.69. The van der Waals surface area contributed by atoms with Crippen molar-refractivity contribution >= 4 is 55.1 Å². The van der Waals surface area contributed by atoms with Gasteiger partial charge in [-0.1, -0.05) is 102 Å². The van der Waals surface area contributed by atoms with Crippen LogP contribution in [0.25, 0.3) is 32.3 Å². The Morgan fingerprint density at radius 2 is 0.737 bits per heavy atom. The van der Waals surface area contributed by atoms with Gasteiger partial charge in [-0.25, -0.2) is 0 Å². The van der Waals surface area contributed by atoms with Gasteiger partial charge in [0.15, 0.2) is 0 Å². The summed E-state index contributed by atoms with van der Waals surface area (Å²) in [6, 6.07) is 35.5. The van der Waals surface area contributed by atoms with Gasteiger partial charge >= 0.3 is 0 Å². The van der Waals surface area contributed by atoms with Crippen LogP contribution in [0.4, 0.5) is 22.7 Å². The fourth-order valence-corrected chi connectivity index (χ4v) is 5.44. The lowest BCUT2D eigenvalue weighted by atomic mass is 9.87. The summed E-state index contributed by atoms with van der Waals surface area (Å²) in [6.45, 7) is 13.5. The third-order valence-corrected chi connectivity index (χ3v) is 7.72. The molecular weight excluding hydrogens is 460 g/mol. The normalized spacial score (nSPS) is 12.5. The first kappa shape index (κ1) is 24.3. The van der Waals surface area contributed by atoms with Gasteiger partial charge in [-0.2, -0.15) is 0 Å². The van der Waals surface area contributed by atoms with Gasteiger partial charge in [-0.3, -0.25) is 0 Å². The molecule has 0 atom stereocenters. The number of benzene rings is 6. The van der Waals surface area contributed by atoms with Crippen molar-refractivity contribution in [2.24, 2.45) is 0 Å². The lowest BCUT2D eigenvalue weighted by molar-refractivity contribution is 0.590. The summed E-state index contributed by atoms with van der Waals surface area (Å²) in [6.07, 6.45) is 0. The van der Waals surface area contributed by atoms with Crippen molar-refractivity contribution < 1.29 is 0 Å². The molecule has 0 bridgehead atoms. The van der Waals surface area contributed by atoms with Crippen molar-refractivity contribution in [1.29, 1.82) is 0 Å². The van der Waals surface area contributed by atoms with Crippen LogP contribution < -0.4 is 10.6 Å². The lowest BCUT2D eigenvalue weighted by Gasteiger charge is -2.20. The van der Waals surface area contributed by atoms with Crippen LogP contribution in [0.5, 0.6) is 0 Å².